The number of esters is 2. The molecule has 0 fully saturated rings. The van der Waals surface area contributed by atoms with Crippen molar-refractivity contribution in [3.63, 3.8) is 0 Å². The molecule has 49 heavy (non-hydrogen) atoms. The van der Waals surface area contributed by atoms with E-state index < -0.39 is 41.2 Å². The summed E-state index contributed by atoms with van der Waals surface area (Å²) < 4.78 is 49.5. The normalized spacial score (nSPS) is 12.7. The lowest BCUT2D eigenvalue weighted by molar-refractivity contribution is -0.138. The Morgan fingerprint density at radius 2 is 1.37 bits per heavy atom. The van der Waals surface area contributed by atoms with Crippen LogP contribution in [0, 0.1) is 24.2 Å². The highest BCUT2D eigenvalue weighted by Gasteiger charge is 2.27. The number of methoxy groups -OCH3 is 2. The maximum atomic E-state index is 14.4. The van der Waals surface area contributed by atoms with Gasteiger partial charge < -0.3 is 34.1 Å². The number of carbonyl (C=O) groups is 3. The van der Waals surface area contributed by atoms with Gasteiger partial charge in [0, 0.05) is 38.6 Å². The summed E-state index contributed by atoms with van der Waals surface area (Å²) >= 11 is 3.86. The van der Waals surface area contributed by atoms with Crippen molar-refractivity contribution in [1.82, 2.24) is 4.90 Å². The van der Waals surface area contributed by atoms with Crippen LogP contribution in [0.15, 0.2) is 46.6 Å². The number of ketones is 1. The first kappa shape index (κ1) is 43.7. The lowest BCUT2D eigenvalue weighted by Gasteiger charge is -2.25. The summed E-state index contributed by atoms with van der Waals surface area (Å²) in [5, 5.41) is 20.1. The molecular formula is C34H42F2I2N2O9. The summed E-state index contributed by atoms with van der Waals surface area (Å²) in [6.07, 6.45) is 2.44. The third kappa shape index (κ3) is 12.8. The second-order valence-electron chi connectivity index (χ2n) is 11.3. The minimum absolute atomic E-state index is 0.0782. The van der Waals surface area contributed by atoms with Crippen molar-refractivity contribution in [2.24, 2.45) is 10.4 Å². The zero-order valence-corrected chi connectivity index (χ0v) is 33.1. The Morgan fingerprint density at radius 1 is 0.898 bits per heavy atom. The average Bonchev–Trinajstić information content (AvgIpc) is 3.02. The molecule has 0 heterocycles. The SMILES string of the molecule is CCOC(=O)C(=CN(C)C)C(=O)c1cc(I)c(OC)cc1F.CCOC(=O)C(C=N[C@H](CO)C(C)(C)C)=C(O)c1cc(I)c(OC)cc1F. The van der Waals surface area contributed by atoms with Crippen molar-refractivity contribution in [3.8, 4) is 11.5 Å². The Bertz CT molecular complexity index is 1590. The van der Waals surface area contributed by atoms with Gasteiger partial charge >= 0.3 is 11.9 Å². The van der Waals surface area contributed by atoms with Gasteiger partial charge in [0.2, 0.25) is 5.78 Å². The van der Waals surface area contributed by atoms with Crippen LogP contribution in [0.3, 0.4) is 0 Å². The van der Waals surface area contributed by atoms with E-state index in [9.17, 15) is 33.4 Å². The lowest BCUT2D eigenvalue weighted by atomic mass is 9.88. The molecule has 0 saturated heterocycles. The third-order valence-electron chi connectivity index (χ3n) is 6.42. The molecule has 1 atom stereocenters. The van der Waals surface area contributed by atoms with Crippen molar-refractivity contribution >= 4 is 74.9 Å². The van der Waals surface area contributed by atoms with Crippen LogP contribution in [0.2, 0.25) is 0 Å². The first-order valence-electron chi connectivity index (χ1n) is 14.8. The van der Waals surface area contributed by atoms with Crippen LogP contribution >= 0.6 is 45.2 Å². The molecule has 270 valence electrons. The molecule has 0 bridgehead atoms. The van der Waals surface area contributed by atoms with E-state index >= 15 is 0 Å². The average molecular weight is 915 g/mol. The smallest absolute Gasteiger partial charge is 0.343 e. The highest BCUT2D eigenvalue weighted by Crippen LogP contribution is 2.30. The molecule has 11 nitrogen and oxygen atoms in total. The largest absolute Gasteiger partial charge is 0.506 e. The number of Topliss-reactive ketones (excluding diaryl/α,β-unsaturated/α-hetero) is 1. The minimum Gasteiger partial charge on any atom is -0.506 e. The van der Waals surface area contributed by atoms with Crippen LogP contribution in [0.4, 0.5) is 8.78 Å². The van der Waals surface area contributed by atoms with E-state index in [2.05, 4.69) is 4.99 Å². The number of halogens is 4. The van der Waals surface area contributed by atoms with Gasteiger partial charge in [-0.05, 0) is 76.6 Å². The molecule has 0 saturated carbocycles. The van der Waals surface area contributed by atoms with Crippen LogP contribution < -0.4 is 9.47 Å². The summed E-state index contributed by atoms with van der Waals surface area (Å²) in [6.45, 7) is 8.85. The zero-order chi connectivity index (χ0) is 37.6. The fourth-order valence-electron chi connectivity index (χ4n) is 3.82. The molecule has 2 aromatic carbocycles. The minimum atomic E-state index is -0.838. The number of nitrogens with zero attached hydrogens (tertiary/aromatic N) is 2. The topological polar surface area (TPSA) is 144 Å². The van der Waals surface area contributed by atoms with Gasteiger partial charge in [-0.3, -0.25) is 9.79 Å². The molecule has 0 radical (unpaired) electrons. The predicted octanol–water partition coefficient (Wildman–Crippen LogP) is 6.38. The number of ether oxygens (including phenoxy) is 4. The first-order valence-corrected chi connectivity index (χ1v) is 16.9. The van der Waals surface area contributed by atoms with E-state index in [4.69, 9.17) is 18.9 Å². The quantitative estimate of drug-likeness (QED) is 0.0340. The molecular weight excluding hydrogens is 872 g/mol. The van der Waals surface area contributed by atoms with Crippen molar-refractivity contribution in [2.45, 2.75) is 40.7 Å². The maximum absolute atomic E-state index is 14.4. The Kier molecular flexibility index (Phi) is 18.2. The fourth-order valence-corrected chi connectivity index (χ4v) is 5.19. The van der Waals surface area contributed by atoms with Crippen molar-refractivity contribution in [1.29, 1.82) is 0 Å². The number of hydrogen-bond donors (Lipinski definition) is 2. The summed E-state index contributed by atoms with van der Waals surface area (Å²) in [7, 11) is 6.13. The zero-order valence-electron chi connectivity index (χ0n) is 28.8. The van der Waals surface area contributed by atoms with Crippen molar-refractivity contribution in [3.05, 3.63) is 71.5 Å². The van der Waals surface area contributed by atoms with Crippen molar-refractivity contribution < 1.29 is 52.3 Å². The second kappa shape index (κ2) is 20.4. The summed E-state index contributed by atoms with van der Waals surface area (Å²) in [5.41, 5.74) is -1.27. The molecule has 0 unspecified atom stereocenters. The molecule has 0 aliphatic heterocycles. The van der Waals surface area contributed by atoms with Crippen LogP contribution in [-0.2, 0) is 19.1 Å². The monoisotopic (exact) mass is 914 g/mol. The molecule has 15 heteroatoms. The molecule has 0 aliphatic rings. The van der Waals surface area contributed by atoms with Crippen LogP contribution in [-0.4, -0.2) is 93.2 Å². The van der Waals surface area contributed by atoms with Crippen LogP contribution in [0.5, 0.6) is 11.5 Å². The van der Waals surface area contributed by atoms with Gasteiger partial charge in [-0.1, -0.05) is 20.8 Å². The standard InChI is InChI=1S/C19H25FINO5.C15H17FINO4/c1-6-27-18(25)12(9-22-16(10-23)19(2,3)4)17(24)11-7-14(21)15(26-5)8-13(11)20;1-5-22-15(20)10(8-18(2)3)14(19)9-6-12(17)13(21-4)7-11(9)16/h7-9,16,23-24H,6,10H2,1-5H3;6-8H,5H2,1-4H3/t16-;/m1./s1. The van der Waals surface area contributed by atoms with Gasteiger partial charge in [-0.25, -0.2) is 18.4 Å². The number of aliphatic hydroxyl groups is 2. The van der Waals surface area contributed by atoms with E-state index in [1.54, 1.807) is 27.9 Å². The van der Waals surface area contributed by atoms with E-state index in [0.29, 0.717) is 18.6 Å². The van der Waals surface area contributed by atoms with E-state index in [0.717, 1.165) is 18.3 Å². The van der Waals surface area contributed by atoms with Gasteiger partial charge in [-0.2, -0.15) is 0 Å². The van der Waals surface area contributed by atoms with Gasteiger partial charge in [0.05, 0.1) is 58.3 Å². The molecule has 0 amide bonds. The van der Waals surface area contributed by atoms with Gasteiger partial charge in [0.1, 0.15) is 40.0 Å². The molecule has 2 rings (SSSR count). The number of aliphatic hydroxyl groups excluding tert-OH is 2. The molecule has 0 spiro atoms. The fraction of sp³-hybridized carbons (Fsp3) is 0.412. The summed E-state index contributed by atoms with van der Waals surface area (Å²) in [5.74, 6) is -3.83. The maximum Gasteiger partial charge on any atom is 0.343 e. The van der Waals surface area contributed by atoms with Crippen LogP contribution in [0.1, 0.15) is 50.5 Å². The lowest BCUT2D eigenvalue weighted by Crippen LogP contribution is -2.28. The van der Waals surface area contributed by atoms with E-state index in [1.807, 2.05) is 66.0 Å². The molecule has 2 aromatic rings. The summed E-state index contributed by atoms with van der Waals surface area (Å²) in [6, 6.07) is 4.44. The predicted molar refractivity (Wildman–Crippen MR) is 199 cm³/mol. The number of aliphatic imine (C=N–C) groups is 1. The highest BCUT2D eigenvalue weighted by molar-refractivity contribution is 14.1. The van der Waals surface area contributed by atoms with E-state index in [1.165, 1.54) is 37.5 Å². The Hall–Kier alpha value is -3.32. The Balaban J connectivity index is 0.000000500. The van der Waals surface area contributed by atoms with E-state index in [-0.39, 0.29) is 47.5 Å². The third-order valence-corrected chi connectivity index (χ3v) is 8.10. The number of carbonyl (C=O) groups excluding carboxylic acids is 3. The Labute approximate surface area is 312 Å². The van der Waals surface area contributed by atoms with Crippen LogP contribution in [0.25, 0.3) is 5.76 Å². The molecule has 0 aromatic heterocycles. The highest BCUT2D eigenvalue weighted by atomic mass is 127. The Morgan fingerprint density at radius 3 is 1.80 bits per heavy atom. The van der Waals surface area contributed by atoms with Gasteiger partial charge in [0.25, 0.3) is 0 Å². The van der Waals surface area contributed by atoms with Gasteiger partial charge in [-0.15, -0.1) is 0 Å². The second-order valence-corrected chi connectivity index (χ2v) is 13.6. The number of hydrogen-bond acceptors (Lipinski definition) is 11. The van der Waals surface area contributed by atoms with Gasteiger partial charge in [0.15, 0.2) is 0 Å². The summed E-state index contributed by atoms with van der Waals surface area (Å²) in [4.78, 5) is 42.4. The number of rotatable bonds is 13. The number of benzene rings is 2. The molecule has 2 N–H and O–H groups in total. The van der Waals surface area contributed by atoms with Crippen molar-refractivity contribution in [2.75, 3.05) is 48.1 Å². The molecule has 0 aliphatic carbocycles. The first-order chi connectivity index (χ1) is 22.9.